The highest BCUT2D eigenvalue weighted by Gasteiger charge is 2.57. The maximum Gasteiger partial charge on any atom is 0.230 e. The van der Waals surface area contributed by atoms with Crippen molar-refractivity contribution < 1.29 is 4.79 Å². The van der Waals surface area contributed by atoms with Crippen LogP contribution >= 0.6 is 0 Å². The lowest BCUT2D eigenvalue weighted by Gasteiger charge is -2.63. The molecule has 1 aliphatic heterocycles. The van der Waals surface area contributed by atoms with Crippen LogP contribution in [0.5, 0.6) is 0 Å². The molecule has 2 aliphatic rings. The van der Waals surface area contributed by atoms with E-state index in [4.69, 9.17) is 0 Å². The molecule has 0 aromatic heterocycles. The van der Waals surface area contributed by atoms with Gasteiger partial charge in [-0.3, -0.25) is 4.79 Å². The summed E-state index contributed by atoms with van der Waals surface area (Å²) < 4.78 is 0. The van der Waals surface area contributed by atoms with E-state index in [1.807, 2.05) is 18.2 Å². The van der Waals surface area contributed by atoms with Crippen LogP contribution in [-0.2, 0) is 4.79 Å². The fourth-order valence-corrected chi connectivity index (χ4v) is 4.58. The molecule has 2 fully saturated rings. The summed E-state index contributed by atoms with van der Waals surface area (Å²) in [5, 5.41) is 0. The Bertz CT molecular complexity index is 489. The molecule has 0 bridgehead atoms. The molecule has 1 amide bonds. The summed E-state index contributed by atoms with van der Waals surface area (Å²) in [6, 6.07) is 10.2. The van der Waals surface area contributed by atoms with E-state index >= 15 is 0 Å². The van der Waals surface area contributed by atoms with Gasteiger partial charge < -0.3 is 4.90 Å². The van der Waals surface area contributed by atoms with Crippen LogP contribution in [0.15, 0.2) is 30.3 Å². The molecule has 1 saturated heterocycles. The van der Waals surface area contributed by atoms with Crippen LogP contribution < -0.4 is 0 Å². The molecular weight excluding hydrogens is 246 g/mol. The summed E-state index contributed by atoms with van der Waals surface area (Å²) in [5.74, 6) is 0.371. The molecule has 0 radical (unpaired) electrons. The highest BCUT2D eigenvalue weighted by Crippen LogP contribution is 2.58. The van der Waals surface area contributed by atoms with Crippen LogP contribution in [0.1, 0.15) is 51.5 Å². The first-order valence-electron chi connectivity index (χ1n) is 7.78. The van der Waals surface area contributed by atoms with Crippen LogP contribution in [0.25, 0.3) is 0 Å². The maximum absolute atomic E-state index is 12.7. The lowest BCUT2D eigenvalue weighted by molar-refractivity contribution is -0.165. The van der Waals surface area contributed by atoms with Gasteiger partial charge in [-0.1, -0.05) is 51.1 Å². The molecule has 1 atom stereocenters. The number of hydrogen-bond acceptors (Lipinski definition) is 1. The van der Waals surface area contributed by atoms with Crippen LogP contribution in [0, 0.1) is 10.8 Å². The van der Waals surface area contributed by atoms with Crippen molar-refractivity contribution in [2.75, 3.05) is 13.1 Å². The first-order chi connectivity index (χ1) is 9.45. The molecule has 2 heteroatoms. The number of carbonyl (C=O) groups excluding carboxylic acids is 1. The van der Waals surface area contributed by atoms with Gasteiger partial charge in [0, 0.05) is 18.5 Å². The van der Waals surface area contributed by atoms with Gasteiger partial charge in [-0.15, -0.1) is 0 Å². The van der Waals surface area contributed by atoms with Crippen LogP contribution in [0.2, 0.25) is 0 Å². The first kappa shape index (κ1) is 13.7. The Balaban J connectivity index is 1.63. The van der Waals surface area contributed by atoms with E-state index in [0.717, 1.165) is 25.1 Å². The average Bonchev–Trinajstić information content (AvgIpc) is 2.34. The molecule has 20 heavy (non-hydrogen) atoms. The van der Waals surface area contributed by atoms with Crippen molar-refractivity contribution in [3.05, 3.63) is 35.9 Å². The molecule has 1 spiro atoms. The van der Waals surface area contributed by atoms with E-state index in [1.165, 1.54) is 12.8 Å². The molecule has 1 aromatic rings. The Kier molecular flexibility index (Phi) is 3.15. The minimum absolute atomic E-state index is 0.0432. The molecule has 0 N–H and O–H groups in total. The van der Waals surface area contributed by atoms with Crippen molar-refractivity contribution in [2.45, 2.75) is 46.0 Å². The number of carbonyl (C=O) groups is 1. The van der Waals surface area contributed by atoms with E-state index in [0.29, 0.717) is 16.7 Å². The number of hydrogen-bond donors (Lipinski definition) is 0. The van der Waals surface area contributed by atoms with Gasteiger partial charge in [0.2, 0.25) is 5.91 Å². The molecule has 3 rings (SSSR count). The summed E-state index contributed by atoms with van der Waals surface area (Å²) in [6.45, 7) is 8.75. The van der Waals surface area contributed by atoms with Gasteiger partial charge in [0.15, 0.2) is 0 Å². The van der Waals surface area contributed by atoms with E-state index in [9.17, 15) is 4.79 Å². The quantitative estimate of drug-likeness (QED) is 0.818. The first-order valence-corrected chi connectivity index (χ1v) is 7.78. The molecular formula is C18H25NO. The third-order valence-corrected chi connectivity index (χ3v) is 4.98. The van der Waals surface area contributed by atoms with Crippen molar-refractivity contribution in [1.29, 1.82) is 0 Å². The Hall–Kier alpha value is -1.31. The molecule has 1 aromatic carbocycles. The Morgan fingerprint density at radius 1 is 1.20 bits per heavy atom. The largest absolute Gasteiger partial charge is 0.341 e. The third kappa shape index (κ3) is 2.25. The summed E-state index contributed by atoms with van der Waals surface area (Å²) in [4.78, 5) is 14.8. The zero-order chi connectivity index (χ0) is 14.4. The second-order valence-corrected chi connectivity index (χ2v) is 7.58. The summed E-state index contributed by atoms with van der Waals surface area (Å²) in [6.07, 6.45) is 3.45. The van der Waals surface area contributed by atoms with Crippen LogP contribution in [0.4, 0.5) is 0 Å². The van der Waals surface area contributed by atoms with Crippen molar-refractivity contribution in [2.24, 2.45) is 10.8 Å². The SMILES string of the molecule is CCC(C(=O)N1CC2(C1)CC(C)(C)C2)c1ccccc1. The van der Waals surface area contributed by atoms with Crippen LogP contribution in [-0.4, -0.2) is 23.9 Å². The normalized spacial score (nSPS) is 23.9. The van der Waals surface area contributed by atoms with Crippen molar-refractivity contribution >= 4 is 5.91 Å². The highest BCUT2D eigenvalue weighted by atomic mass is 16.2. The van der Waals surface area contributed by atoms with Gasteiger partial charge in [-0.2, -0.15) is 0 Å². The smallest absolute Gasteiger partial charge is 0.230 e. The van der Waals surface area contributed by atoms with Gasteiger partial charge in [-0.25, -0.2) is 0 Å². The Morgan fingerprint density at radius 3 is 2.30 bits per heavy atom. The Labute approximate surface area is 122 Å². The number of benzene rings is 1. The molecule has 1 heterocycles. The molecule has 1 saturated carbocycles. The zero-order valence-electron chi connectivity index (χ0n) is 12.9. The average molecular weight is 271 g/mol. The second-order valence-electron chi connectivity index (χ2n) is 7.58. The maximum atomic E-state index is 12.7. The van der Waals surface area contributed by atoms with Gasteiger partial charge in [0.25, 0.3) is 0 Å². The lowest BCUT2D eigenvalue weighted by atomic mass is 9.51. The molecule has 2 nitrogen and oxygen atoms in total. The predicted octanol–water partition coefficient (Wildman–Crippen LogP) is 3.83. The molecule has 108 valence electrons. The molecule has 1 unspecified atom stereocenters. The fraction of sp³-hybridized carbons (Fsp3) is 0.611. The van der Waals surface area contributed by atoms with Crippen LogP contribution in [0.3, 0.4) is 0 Å². The van der Waals surface area contributed by atoms with Crippen molar-refractivity contribution in [3.8, 4) is 0 Å². The summed E-state index contributed by atoms with van der Waals surface area (Å²) >= 11 is 0. The minimum Gasteiger partial charge on any atom is -0.341 e. The number of amides is 1. The predicted molar refractivity (Wildman–Crippen MR) is 81.5 cm³/mol. The second kappa shape index (κ2) is 4.61. The van der Waals surface area contributed by atoms with Gasteiger partial charge in [-0.05, 0) is 30.2 Å². The minimum atomic E-state index is 0.0432. The third-order valence-electron chi connectivity index (χ3n) is 4.98. The van der Waals surface area contributed by atoms with E-state index in [2.05, 4.69) is 37.8 Å². The molecule has 1 aliphatic carbocycles. The lowest BCUT2D eigenvalue weighted by Crippen LogP contribution is -2.66. The number of nitrogens with zero attached hydrogens (tertiary/aromatic N) is 1. The summed E-state index contributed by atoms with van der Waals surface area (Å²) in [7, 11) is 0. The Morgan fingerprint density at radius 2 is 1.80 bits per heavy atom. The van der Waals surface area contributed by atoms with E-state index in [1.54, 1.807) is 0 Å². The fourth-order valence-electron chi connectivity index (χ4n) is 4.58. The van der Waals surface area contributed by atoms with Crippen molar-refractivity contribution in [1.82, 2.24) is 4.90 Å². The van der Waals surface area contributed by atoms with Gasteiger partial charge in [0.05, 0.1) is 5.92 Å². The number of rotatable bonds is 3. The van der Waals surface area contributed by atoms with E-state index < -0.39 is 0 Å². The van der Waals surface area contributed by atoms with Gasteiger partial charge in [0.1, 0.15) is 0 Å². The monoisotopic (exact) mass is 271 g/mol. The standard InChI is InChI=1S/C18H25NO/c1-4-15(14-8-6-5-7-9-14)16(20)19-12-18(13-19)10-17(2,3)11-18/h5-9,15H,4,10-13H2,1-3H3. The zero-order valence-corrected chi connectivity index (χ0v) is 12.9. The summed E-state index contributed by atoms with van der Waals surface area (Å²) in [5.41, 5.74) is 2.13. The highest BCUT2D eigenvalue weighted by molar-refractivity contribution is 5.84. The van der Waals surface area contributed by atoms with Crippen molar-refractivity contribution in [3.63, 3.8) is 0 Å². The number of likely N-dealkylation sites (tertiary alicyclic amines) is 1. The topological polar surface area (TPSA) is 20.3 Å². The van der Waals surface area contributed by atoms with E-state index in [-0.39, 0.29) is 5.92 Å². The van der Waals surface area contributed by atoms with Gasteiger partial charge >= 0.3 is 0 Å².